The second-order valence-electron chi connectivity index (χ2n) is 3.36. The van der Waals surface area contributed by atoms with Crippen LogP contribution in [0.3, 0.4) is 0 Å². The van der Waals surface area contributed by atoms with E-state index in [9.17, 15) is 10.1 Å². The predicted molar refractivity (Wildman–Crippen MR) is 51.7 cm³/mol. The quantitative estimate of drug-likeness (QED) is 0.554. The van der Waals surface area contributed by atoms with Gasteiger partial charge in [0.1, 0.15) is 5.69 Å². The van der Waals surface area contributed by atoms with Crippen molar-refractivity contribution in [1.29, 1.82) is 0 Å². The Morgan fingerprint density at radius 1 is 1.73 bits per heavy atom. The van der Waals surface area contributed by atoms with Crippen LogP contribution in [0.5, 0.6) is 5.88 Å². The highest BCUT2D eigenvalue weighted by molar-refractivity contribution is 5.44. The molecule has 7 nitrogen and oxygen atoms in total. The van der Waals surface area contributed by atoms with Gasteiger partial charge >= 0.3 is 11.6 Å². The minimum absolute atomic E-state index is 0.0298. The monoisotopic (exact) mass is 215 g/mol. The van der Waals surface area contributed by atoms with E-state index >= 15 is 0 Å². The molecule has 7 heteroatoms. The second kappa shape index (κ2) is 4.74. The average molecular weight is 215 g/mol. The molecule has 0 aliphatic heterocycles. The summed E-state index contributed by atoms with van der Waals surface area (Å²) in [5.41, 5.74) is 0.201. The number of nitrogens with one attached hydrogen (secondary N) is 1. The fourth-order valence-electron chi connectivity index (χ4n) is 0.990. The highest BCUT2D eigenvalue weighted by atomic mass is 16.6. The summed E-state index contributed by atoms with van der Waals surface area (Å²) in [4.78, 5) is 10.1. The molecule has 0 aliphatic rings. The number of rotatable bonds is 5. The van der Waals surface area contributed by atoms with Crippen molar-refractivity contribution in [3.8, 4) is 5.88 Å². The molecule has 0 saturated heterocycles. The molecule has 0 aromatic carbocycles. The lowest BCUT2D eigenvalue weighted by molar-refractivity contribution is -0.386. The highest BCUT2D eigenvalue weighted by Crippen LogP contribution is 2.27. The van der Waals surface area contributed by atoms with Crippen molar-refractivity contribution in [2.24, 2.45) is 5.92 Å². The van der Waals surface area contributed by atoms with Crippen molar-refractivity contribution in [2.45, 2.75) is 13.8 Å². The zero-order chi connectivity index (χ0) is 11.4. The van der Waals surface area contributed by atoms with Crippen LogP contribution >= 0.6 is 0 Å². The molecule has 15 heavy (non-hydrogen) atoms. The topological polar surface area (TPSA) is 101 Å². The molecule has 0 aliphatic carbocycles. The van der Waals surface area contributed by atoms with E-state index in [4.69, 9.17) is 9.84 Å². The van der Waals surface area contributed by atoms with Gasteiger partial charge in [-0.25, -0.2) is 0 Å². The molecule has 0 amide bonds. The summed E-state index contributed by atoms with van der Waals surface area (Å²) in [7, 11) is 0. The number of ether oxygens (including phenoxy) is 1. The zero-order valence-corrected chi connectivity index (χ0v) is 8.56. The van der Waals surface area contributed by atoms with Crippen molar-refractivity contribution in [3.63, 3.8) is 0 Å². The molecule has 0 fully saturated rings. The predicted octanol–water partition coefficient (Wildman–Crippen LogP) is 0.634. The maximum Gasteiger partial charge on any atom is 0.352 e. The summed E-state index contributed by atoms with van der Waals surface area (Å²) in [6.07, 6.45) is 0. The molecular weight excluding hydrogens is 202 g/mol. The summed E-state index contributed by atoms with van der Waals surface area (Å²) in [5, 5.41) is 25.5. The largest absolute Gasteiger partial charge is 0.471 e. The number of aliphatic hydroxyl groups is 1. The number of nitro groups is 1. The Bertz CT molecular complexity index is 350. The van der Waals surface area contributed by atoms with E-state index in [1.165, 1.54) is 0 Å². The first-order valence-electron chi connectivity index (χ1n) is 4.49. The van der Waals surface area contributed by atoms with Gasteiger partial charge in [-0.1, -0.05) is 6.92 Å². The van der Waals surface area contributed by atoms with Gasteiger partial charge in [0, 0.05) is 12.5 Å². The van der Waals surface area contributed by atoms with Gasteiger partial charge < -0.3 is 9.84 Å². The van der Waals surface area contributed by atoms with Crippen LogP contribution in [0, 0.1) is 23.0 Å². The molecule has 0 bridgehead atoms. The van der Waals surface area contributed by atoms with Crippen LogP contribution in [-0.4, -0.2) is 33.4 Å². The molecule has 1 unspecified atom stereocenters. The first-order chi connectivity index (χ1) is 7.06. The normalized spacial score (nSPS) is 12.5. The van der Waals surface area contributed by atoms with E-state index in [0.717, 1.165) is 0 Å². The fraction of sp³-hybridized carbons (Fsp3) is 0.625. The van der Waals surface area contributed by atoms with Gasteiger partial charge in [0.2, 0.25) is 0 Å². The number of aliphatic hydroxyl groups excluding tert-OH is 1. The van der Waals surface area contributed by atoms with E-state index in [1.807, 2.05) is 0 Å². The first-order valence-corrected chi connectivity index (χ1v) is 4.49. The van der Waals surface area contributed by atoms with E-state index in [1.54, 1.807) is 13.8 Å². The maximum atomic E-state index is 10.6. The maximum absolute atomic E-state index is 10.6. The van der Waals surface area contributed by atoms with Gasteiger partial charge in [-0.3, -0.25) is 15.2 Å². The molecule has 84 valence electrons. The third kappa shape index (κ3) is 2.66. The van der Waals surface area contributed by atoms with Crippen LogP contribution in [0.2, 0.25) is 0 Å². The third-order valence-corrected chi connectivity index (χ3v) is 1.88. The lowest BCUT2D eigenvalue weighted by Crippen LogP contribution is -2.12. The van der Waals surface area contributed by atoms with Gasteiger partial charge in [-0.15, -0.1) is 5.10 Å². The van der Waals surface area contributed by atoms with Crippen molar-refractivity contribution >= 4 is 5.69 Å². The molecule has 0 spiro atoms. The Morgan fingerprint density at radius 2 is 2.40 bits per heavy atom. The van der Waals surface area contributed by atoms with Crippen LogP contribution in [0.1, 0.15) is 12.6 Å². The summed E-state index contributed by atoms with van der Waals surface area (Å²) in [6.45, 7) is 3.48. The Kier molecular flexibility index (Phi) is 3.62. The number of aromatic nitrogens is 2. The minimum atomic E-state index is -0.544. The number of aromatic amines is 1. The zero-order valence-electron chi connectivity index (χ0n) is 8.56. The standard InChI is InChI=1S/C8H13N3O4/c1-5(3-12)4-15-8-7(11(13)14)6(2)9-10-8/h5,12H,3-4H2,1-2H3,(H,9,10). The van der Waals surface area contributed by atoms with E-state index in [2.05, 4.69) is 10.2 Å². The highest BCUT2D eigenvalue weighted by Gasteiger charge is 2.23. The molecule has 0 radical (unpaired) electrons. The van der Waals surface area contributed by atoms with Crippen molar-refractivity contribution in [3.05, 3.63) is 15.8 Å². The Balaban J connectivity index is 2.73. The van der Waals surface area contributed by atoms with E-state index in [-0.39, 0.29) is 30.7 Å². The third-order valence-electron chi connectivity index (χ3n) is 1.88. The van der Waals surface area contributed by atoms with Gasteiger partial charge in [0.25, 0.3) is 0 Å². The van der Waals surface area contributed by atoms with Crippen molar-refractivity contribution in [1.82, 2.24) is 10.2 Å². The number of nitrogens with zero attached hydrogens (tertiary/aromatic N) is 2. The Hall–Kier alpha value is -1.63. The average Bonchev–Trinajstić information content (AvgIpc) is 2.56. The Morgan fingerprint density at radius 3 is 2.93 bits per heavy atom. The number of hydrogen-bond acceptors (Lipinski definition) is 5. The summed E-state index contributed by atoms with van der Waals surface area (Å²) in [6, 6.07) is 0. The minimum Gasteiger partial charge on any atom is -0.471 e. The first kappa shape index (κ1) is 11.4. The number of aryl methyl sites for hydroxylation is 1. The molecule has 2 N–H and O–H groups in total. The molecule has 1 atom stereocenters. The van der Waals surface area contributed by atoms with Gasteiger partial charge in [-0.2, -0.15) is 0 Å². The van der Waals surface area contributed by atoms with Gasteiger partial charge in [-0.05, 0) is 6.92 Å². The lowest BCUT2D eigenvalue weighted by Gasteiger charge is -2.07. The molecule has 1 rings (SSSR count). The SMILES string of the molecule is Cc1[nH]nc(OCC(C)CO)c1[N+](=O)[O-]. The molecule has 1 heterocycles. The molecule has 1 aromatic rings. The summed E-state index contributed by atoms with van der Waals surface area (Å²) >= 11 is 0. The summed E-state index contributed by atoms with van der Waals surface area (Å²) in [5.74, 6) is -0.112. The smallest absolute Gasteiger partial charge is 0.352 e. The molecular formula is C8H13N3O4. The number of H-pyrrole nitrogens is 1. The van der Waals surface area contributed by atoms with Crippen LogP contribution in [-0.2, 0) is 0 Å². The van der Waals surface area contributed by atoms with Crippen molar-refractivity contribution < 1.29 is 14.8 Å². The van der Waals surface area contributed by atoms with Crippen LogP contribution in [0.4, 0.5) is 5.69 Å². The number of hydrogen-bond donors (Lipinski definition) is 2. The van der Waals surface area contributed by atoms with Crippen molar-refractivity contribution in [2.75, 3.05) is 13.2 Å². The van der Waals surface area contributed by atoms with Crippen LogP contribution < -0.4 is 4.74 Å². The lowest BCUT2D eigenvalue weighted by atomic mass is 10.2. The van der Waals surface area contributed by atoms with E-state index < -0.39 is 4.92 Å². The van der Waals surface area contributed by atoms with Crippen LogP contribution in [0.15, 0.2) is 0 Å². The Labute approximate surface area is 86.2 Å². The summed E-state index contributed by atoms with van der Waals surface area (Å²) < 4.78 is 5.13. The van der Waals surface area contributed by atoms with Gasteiger partial charge in [0.15, 0.2) is 0 Å². The van der Waals surface area contributed by atoms with Gasteiger partial charge in [0.05, 0.1) is 11.5 Å². The van der Waals surface area contributed by atoms with Crippen LogP contribution in [0.25, 0.3) is 0 Å². The molecule has 0 saturated carbocycles. The van der Waals surface area contributed by atoms with E-state index in [0.29, 0.717) is 5.69 Å². The second-order valence-corrected chi connectivity index (χ2v) is 3.36. The molecule has 1 aromatic heterocycles. The fourth-order valence-corrected chi connectivity index (χ4v) is 0.990.